The molecular formula is C19H19N3O5S2. The third-order valence-corrected chi connectivity index (χ3v) is 6.00. The van der Waals surface area contributed by atoms with Crippen LogP contribution in [0.1, 0.15) is 6.92 Å². The number of benzene rings is 2. The van der Waals surface area contributed by atoms with Crippen LogP contribution in [0.4, 0.5) is 10.8 Å². The van der Waals surface area contributed by atoms with E-state index in [1.807, 2.05) is 0 Å². The van der Waals surface area contributed by atoms with E-state index in [0.717, 1.165) is 0 Å². The number of rotatable bonds is 8. The topological polar surface area (TPSA) is 107 Å². The Kier molecular flexibility index (Phi) is 6.35. The average molecular weight is 434 g/mol. The molecule has 1 amide bonds. The molecule has 1 atom stereocenters. The van der Waals surface area contributed by atoms with Gasteiger partial charge in [-0.1, -0.05) is 12.1 Å². The van der Waals surface area contributed by atoms with E-state index in [-0.39, 0.29) is 15.9 Å². The van der Waals surface area contributed by atoms with E-state index in [1.165, 1.54) is 48.9 Å². The molecule has 2 N–H and O–H groups in total. The first kappa shape index (κ1) is 20.6. The maximum Gasteiger partial charge on any atom is 0.265 e. The molecule has 0 radical (unpaired) electrons. The first-order valence-corrected chi connectivity index (χ1v) is 10.9. The number of para-hydroxylation sites is 2. The molecule has 29 heavy (non-hydrogen) atoms. The highest BCUT2D eigenvalue weighted by atomic mass is 32.2. The molecule has 10 heteroatoms. The molecule has 0 aliphatic heterocycles. The lowest BCUT2D eigenvalue weighted by molar-refractivity contribution is -0.122. The minimum Gasteiger partial charge on any atom is -0.493 e. The van der Waals surface area contributed by atoms with E-state index in [9.17, 15) is 13.2 Å². The van der Waals surface area contributed by atoms with Gasteiger partial charge in [0.05, 0.1) is 12.0 Å². The summed E-state index contributed by atoms with van der Waals surface area (Å²) in [6, 6.07) is 12.8. The van der Waals surface area contributed by atoms with Crippen molar-refractivity contribution in [1.29, 1.82) is 0 Å². The predicted octanol–water partition coefficient (Wildman–Crippen LogP) is 3.36. The molecule has 8 nitrogen and oxygen atoms in total. The van der Waals surface area contributed by atoms with E-state index in [2.05, 4.69) is 15.0 Å². The average Bonchev–Trinajstić information content (AvgIpc) is 3.21. The van der Waals surface area contributed by atoms with Gasteiger partial charge in [-0.2, -0.15) is 0 Å². The zero-order valence-corrected chi connectivity index (χ0v) is 17.3. The number of ether oxygens (including phenoxy) is 2. The summed E-state index contributed by atoms with van der Waals surface area (Å²) in [5.41, 5.74) is 0.443. The van der Waals surface area contributed by atoms with E-state index in [4.69, 9.17) is 9.47 Å². The summed E-state index contributed by atoms with van der Waals surface area (Å²) in [5, 5.41) is 4.65. The van der Waals surface area contributed by atoms with Gasteiger partial charge in [-0.15, -0.1) is 11.3 Å². The predicted molar refractivity (Wildman–Crippen MR) is 111 cm³/mol. The molecule has 3 rings (SSSR count). The van der Waals surface area contributed by atoms with Crippen molar-refractivity contribution in [3.8, 4) is 11.5 Å². The van der Waals surface area contributed by atoms with Crippen molar-refractivity contribution in [2.75, 3.05) is 17.1 Å². The van der Waals surface area contributed by atoms with Crippen molar-refractivity contribution in [2.45, 2.75) is 17.9 Å². The Labute approximate surface area is 172 Å². The number of amides is 1. The Morgan fingerprint density at radius 1 is 1.10 bits per heavy atom. The lowest BCUT2D eigenvalue weighted by atomic mass is 10.3. The number of sulfonamides is 1. The third kappa shape index (κ3) is 5.24. The van der Waals surface area contributed by atoms with Gasteiger partial charge in [0.2, 0.25) is 0 Å². The van der Waals surface area contributed by atoms with Gasteiger partial charge in [0.25, 0.3) is 15.9 Å². The van der Waals surface area contributed by atoms with Gasteiger partial charge >= 0.3 is 0 Å². The molecule has 0 saturated carbocycles. The minimum absolute atomic E-state index is 0.0593. The van der Waals surface area contributed by atoms with Crippen LogP contribution >= 0.6 is 11.3 Å². The van der Waals surface area contributed by atoms with Crippen LogP contribution in [0.2, 0.25) is 0 Å². The van der Waals surface area contributed by atoms with Gasteiger partial charge in [0.1, 0.15) is 0 Å². The molecular weight excluding hydrogens is 414 g/mol. The lowest BCUT2D eigenvalue weighted by Gasteiger charge is -2.16. The van der Waals surface area contributed by atoms with Gasteiger partial charge in [-0.3, -0.25) is 9.52 Å². The molecule has 0 bridgehead atoms. The van der Waals surface area contributed by atoms with Crippen LogP contribution in [0.15, 0.2) is 65.0 Å². The van der Waals surface area contributed by atoms with Crippen LogP contribution in [0.5, 0.6) is 11.5 Å². The van der Waals surface area contributed by atoms with Gasteiger partial charge < -0.3 is 14.8 Å². The Morgan fingerprint density at radius 2 is 1.79 bits per heavy atom. The Hall–Kier alpha value is -3.11. The first-order valence-electron chi connectivity index (χ1n) is 8.52. The fourth-order valence-electron chi connectivity index (χ4n) is 2.37. The van der Waals surface area contributed by atoms with Crippen molar-refractivity contribution in [3.05, 3.63) is 60.1 Å². The highest BCUT2D eigenvalue weighted by Gasteiger charge is 2.18. The van der Waals surface area contributed by atoms with Crippen molar-refractivity contribution in [3.63, 3.8) is 0 Å². The van der Waals surface area contributed by atoms with Crippen molar-refractivity contribution in [2.24, 2.45) is 0 Å². The molecule has 0 aliphatic rings. The van der Waals surface area contributed by atoms with Crippen LogP contribution in [0.3, 0.4) is 0 Å². The van der Waals surface area contributed by atoms with E-state index in [0.29, 0.717) is 17.2 Å². The monoisotopic (exact) mass is 433 g/mol. The van der Waals surface area contributed by atoms with E-state index < -0.39 is 16.1 Å². The van der Waals surface area contributed by atoms with Crippen molar-refractivity contribution >= 4 is 38.1 Å². The third-order valence-electron chi connectivity index (χ3n) is 3.83. The highest BCUT2D eigenvalue weighted by Crippen LogP contribution is 2.27. The second kappa shape index (κ2) is 8.93. The van der Waals surface area contributed by atoms with Gasteiger partial charge in [-0.25, -0.2) is 13.4 Å². The van der Waals surface area contributed by atoms with Gasteiger partial charge in [0, 0.05) is 17.3 Å². The largest absolute Gasteiger partial charge is 0.493 e. The molecule has 2 aromatic carbocycles. The number of carbonyl (C=O) groups is 1. The van der Waals surface area contributed by atoms with Crippen molar-refractivity contribution < 1.29 is 22.7 Å². The summed E-state index contributed by atoms with van der Waals surface area (Å²) in [6.07, 6.45) is 0.719. The summed E-state index contributed by atoms with van der Waals surface area (Å²) in [7, 11) is -2.23. The van der Waals surface area contributed by atoms with Crippen molar-refractivity contribution in [1.82, 2.24) is 4.98 Å². The number of nitrogens with zero attached hydrogens (tertiary/aromatic N) is 1. The molecule has 3 aromatic rings. The van der Waals surface area contributed by atoms with Gasteiger partial charge in [-0.05, 0) is 43.3 Å². The van der Waals surface area contributed by atoms with E-state index >= 15 is 0 Å². The minimum atomic E-state index is -3.75. The maximum absolute atomic E-state index is 12.4. The molecule has 0 fully saturated rings. The molecule has 0 spiro atoms. The van der Waals surface area contributed by atoms with Gasteiger partial charge in [0.15, 0.2) is 22.7 Å². The highest BCUT2D eigenvalue weighted by molar-refractivity contribution is 7.93. The lowest BCUT2D eigenvalue weighted by Crippen LogP contribution is -2.30. The number of hydrogen-bond donors (Lipinski definition) is 2. The summed E-state index contributed by atoms with van der Waals surface area (Å²) in [4.78, 5) is 16.4. The summed E-state index contributed by atoms with van der Waals surface area (Å²) >= 11 is 1.18. The normalized spacial score (nSPS) is 12.1. The number of anilines is 2. The second-order valence-corrected chi connectivity index (χ2v) is 8.44. The molecule has 0 saturated heterocycles. The number of hydrogen-bond acceptors (Lipinski definition) is 7. The fraction of sp³-hybridized carbons (Fsp3) is 0.158. The molecule has 152 valence electrons. The SMILES string of the molecule is COc1ccccc1O[C@H](C)C(=O)Nc1ccc(S(=O)(=O)Nc2nccs2)cc1. The zero-order valence-electron chi connectivity index (χ0n) is 15.7. The Balaban J connectivity index is 1.63. The number of nitrogens with one attached hydrogen (secondary N) is 2. The molecule has 0 aliphatic carbocycles. The number of methoxy groups -OCH3 is 1. The number of carbonyl (C=O) groups excluding carboxylic acids is 1. The van der Waals surface area contributed by atoms with Crippen LogP contribution in [0.25, 0.3) is 0 Å². The standard InChI is InChI=1S/C19H19N3O5S2/c1-13(27-17-6-4-3-5-16(17)26-2)18(23)21-14-7-9-15(10-8-14)29(24,25)22-19-20-11-12-28-19/h3-13H,1-2H3,(H,20,22)(H,21,23)/t13-/m1/s1. The van der Waals surface area contributed by atoms with Crippen LogP contribution in [-0.4, -0.2) is 32.5 Å². The number of aromatic nitrogens is 1. The smallest absolute Gasteiger partial charge is 0.265 e. The van der Waals surface area contributed by atoms with Crippen LogP contribution < -0.4 is 19.5 Å². The zero-order chi connectivity index (χ0) is 20.9. The summed E-state index contributed by atoms with van der Waals surface area (Å²) in [5.74, 6) is 0.592. The van der Waals surface area contributed by atoms with E-state index in [1.54, 1.807) is 36.6 Å². The molecule has 1 heterocycles. The molecule has 0 unspecified atom stereocenters. The quantitative estimate of drug-likeness (QED) is 0.564. The molecule has 1 aromatic heterocycles. The first-order chi connectivity index (χ1) is 13.9. The Morgan fingerprint density at radius 3 is 2.41 bits per heavy atom. The number of thiazole rings is 1. The fourth-order valence-corrected chi connectivity index (χ4v) is 4.16. The van der Waals surface area contributed by atoms with Crippen LogP contribution in [-0.2, 0) is 14.8 Å². The summed E-state index contributed by atoms with van der Waals surface area (Å²) < 4.78 is 37.9. The second-order valence-electron chi connectivity index (χ2n) is 5.87. The Bertz CT molecular complexity index is 1070. The summed E-state index contributed by atoms with van der Waals surface area (Å²) in [6.45, 7) is 1.61. The maximum atomic E-state index is 12.4. The van der Waals surface area contributed by atoms with Crippen LogP contribution in [0, 0.1) is 0 Å².